The molecule has 4 rings (SSSR count). The number of nitrogens with zero attached hydrogens (tertiary/aromatic N) is 2. The SMILES string of the molecule is Cc1ccc(N(Cc2ccccc2)C(=O)CN2C(=O)NC(C)(c3ccc(F)cc3)C2=O)cc1. The van der Waals surface area contributed by atoms with Crippen molar-refractivity contribution >= 4 is 23.5 Å². The van der Waals surface area contributed by atoms with E-state index in [0.29, 0.717) is 17.8 Å². The maximum atomic E-state index is 13.4. The topological polar surface area (TPSA) is 69.7 Å². The first-order chi connectivity index (χ1) is 15.8. The zero-order chi connectivity index (χ0) is 23.6. The highest BCUT2D eigenvalue weighted by atomic mass is 19.1. The van der Waals surface area contributed by atoms with Gasteiger partial charge in [0.25, 0.3) is 5.91 Å². The first kappa shape index (κ1) is 22.2. The predicted octanol–water partition coefficient (Wildman–Crippen LogP) is 4.13. The van der Waals surface area contributed by atoms with Gasteiger partial charge in [-0.15, -0.1) is 0 Å². The minimum atomic E-state index is -1.38. The van der Waals surface area contributed by atoms with Crippen molar-refractivity contribution in [3.05, 3.63) is 101 Å². The maximum absolute atomic E-state index is 13.4. The highest BCUT2D eigenvalue weighted by Crippen LogP contribution is 2.29. The van der Waals surface area contributed by atoms with Crippen LogP contribution in [0.1, 0.15) is 23.6 Å². The van der Waals surface area contributed by atoms with E-state index < -0.39 is 35.7 Å². The number of carbonyl (C=O) groups is 3. The van der Waals surface area contributed by atoms with Crippen LogP contribution < -0.4 is 10.2 Å². The van der Waals surface area contributed by atoms with E-state index in [1.165, 1.54) is 24.3 Å². The van der Waals surface area contributed by atoms with E-state index in [-0.39, 0.29) is 0 Å². The van der Waals surface area contributed by atoms with Crippen LogP contribution in [-0.4, -0.2) is 29.3 Å². The van der Waals surface area contributed by atoms with Gasteiger partial charge in [-0.25, -0.2) is 9.18 Å². The number of nitrogens with one attached hydrogen (secondary N) is 1. The van der Waals surface area contributed by atoms with Gasteiger partial charge in [-0.2, -0.15) is 0 Å². The van der Waals surface area contributed by atoms with Crippen LogP contribution in [0.5, 0.6) is 0 Å². The number of hydrogen-bond donors (Lipinski definition) is 1. The first-order valence-electron chi connectivity index (χ1n) is 10.6. The molecule has 168 valence electrons. The Morgan fingerprint density at radius 3 is 2.24 bits per heavy atom. The average Bonchev–Trinajstić information content (AvgIpc) is 3.03. The highest BCUT2D eigenvalue weighted by Gasteiger charge is 2.49. The van der Waals surface area contributed by atoms with E-state index in [9.17, 15) is 18.8 Å². The average molecular weight is 445 g/mol. The van der Waals surface area contributed by atoms with Gasteiger partial charge < -0.3 is 10.2 Å². The molecular weight excluding hydrogens is 421 g/mol. The van der Waals surface area contributed by atoms with Gasteiger partial charge in [0.1, 0.15) is 17.9 Å². The molecule has 1 aliphatic heterocycles. The molecule has 0 aliphatic carbocycles. The molecule has 3 aromatic carbocycles. The molecule has 0 spiro atoms. The highest BCUT2D eigenvalue weighted by molar-refractivity contribution is 6.10. The number of carbonyl (C=O) groups excluding carboxylic acids is 3. The summed E-state index contributed by atoms with van der Waals surface area (Å²) in [7, 11) is 0. The van der Waals surface area contributed by atoms with Crippen molar-refractivity contribution < 1.29 is 18.8 Å². The van der Waals surface area contributed by atoms with E-state index in [0.717, 1.165) is 16.0 Å². The summed E-state index contributed by atoms with van der Waals surface area (Å²) in [6.07, 6.45) is 0. The number of aryl methyl sites for hydroxylation is 1. The quantitative estimate of drug-likeness (QED) is 0.580. The predicted molar refractivity (Wildman–Crippen MR) is 123 cm³/mol. The van der Waals surface area contributed by atoms with Crippen molar-refractivity contribution in [2.45, 2.75) is 25.9 Å². The molecule has 6 nitrogen and oxygen atoms in total. The maximum Gasteiger partial charge on any atom is 0.325 e. The normalized spacial score (nSPS) is 17.7. The van der Waals surface area contributed by atoms with E-state index in [1.54, 1.807) is 11.8 Å². The summed E-state index contributed by atoms with van der Waals surface area (Å²) in [4.78, 5) is 41.7. The lowest BCUT2D eigenvalue weighted by molar-refractivity contribution is -0.134. The van der Waals surface area contributed by atoms with Gasteiger partial charge in [-0.3, -0.25) is 14.5 Å². The summed E-state index contributed by atoms with van der Waals surface area (Å²) in [6.45, 7) is 3.38. The smallest absolute Gasteiger partial charge is 0.319 e. The van der Waals surface area contributed by atoms with E-state index in [4.69, 9.17) is 0 Å². The molecule has 33 heavy (non-hydrogen) atoms. The van der Waals surface area contributed by atoms with E-state index in [2.05, 4.69) is 5.32 Å². The van der Waals surface area contributed by atoms with Gasteiger partial charge >= 0.3 is 6.03 Å². The fraction of sp³-hybridized carbons (Fsp3) is 0.192. The molecule has 0 bridgehead atoms. The fourth-order valence-corrected chi connectivity index (χ4v) is 3.85. The minimum absolute atomic E-state index is 0.293. The summed E-state index contributed by atoms with van der Waals surface area (Å²) in [6, 6.07) is 21.7. The standard InChI is InChI=1S/C26H24FN3O3/c1-18-8-14-22(15-9-18)29(16-19-6-4-3-5-7-19)23(31)17-30-24(32)26(2,28-25(30)33)20-10-12-21(27)13-11-20/h3-15H,16-17H2,1-2H3,(H,28,33). The van der Waals surface area contributed by atoms with Gasteiger partial charge in [0.2, 0.25) is 5.91 Å². The van der Waals surface area contributed by atoms with Crippen LogP contribution in [0.2, 0.25) is 0 Å². The van der Waals surface area contributed by atoms with Crippen molar-refractivity contribution in [3.63, 3.8) is 0 Å². The fourth-order valence-electron chi connectivity index (χ4n) is 3.85. The Hall–Kier alpha value is -4.00. The number of imide groups is 1. The Bertz CT molecular complexity index is 1180. The van der Waals surface area contributed by atoms with Gasteiger partial charge in [0, 0.05) is 5.69 Å². The Balaban J connectivity index is 1.59. The van der Waals surface area contributed by atoms with Crippen LogP contribution in [-0.2, 0) is 21.7 Å². The summed E-state index contributed by atoms with van der Waals surface area (Å²) in [5, 5.41) is 2.65. The minimum Gasteiger partial charge on any atom is -0.319 e. The zero-order valence-corrected chi connectivity index (χ0v) is 18.4. The van der Waals surface area contributed by atoms with Crippen molar-refractivity contribution in [2.75, 3.05) is 11.4 Å². The lowest BCUT2D eigenvalue weighted by Gasteiger charge is -2.26. The van der Waals surface area contributed by atoms with Gasteiger partial charge in [0.05, 0.1) is 6.54 Å². The van der Waals surface area contributed by atoms with Crippen molar-refractivity contribution in [3.8, 4) is 0 Å². The Morgan fingerprint density at radius 1 is 0.970 bits per heavy atom. The number of rotatable bonds is 6. The van der Waals surface area contributed by atoms with Crippen LogP contribution in [0.4, 0.5) is 14.9 Å². The molecule has 1 aliphatic rings. The van der Waals surface area contributed by atoms with Gasteiger partial charge in [-0.05, 0) is 49.2 Å². The van der Waals surface area contributed by atoms with Gasteiger partial charge in [-0.1, -0.05) is 60.2 Å². The Kier molecular flexibility index (Phi) is 5.96. The monoisotopic (exact) mass is 445 g/mol. The molecule has 1 atom stereocenters. The second-order valence-electron chi connectivity index (χ2n) is 8.25. The molecule has 0 radical (unpaired) electrons. The molecule has 0 saturated carbocycles. The number of halogens is 1. The second-order valence-corrected chi connectivity index (χ2v) is 8.25. The number of hydrogen-bond acceptors (Lipinski definition) is 3. The third kappa shape index (κ3) is 4.48. The van der Waals surface area contributed by atoms with Crippen LogP contribution in [0.15, 0.2) is 78.9 Å². The number of urea groups is 1. The molecule has 4 amide bonds. The van der Waals surface area contributed by atoms with Crippen LogP contribution in [0, 0.1) is 12.7 Å². The second kappa shape index (κ2) is 8.86. The third-order valence-electron chi connectivity index (χ3n) is 5.82. The Labute approximate surface area is 191 Å². The third-order valence-corrected chi connectivity index (χ3v) is 5.82. The van der Waals surface area contributed by atoms with E-state index in [1.807, 2.05) is 61.5 Å². The molecule has 3 aromatic rings. The van der Waals surface area contributed by atoms with E-state index >= 15 is 0 Å². The zero-order valence-electron chi connectivity index (χ0n) is 18.4. The Morgan fingerprint density at radius 2 is 1.61 bits per heavy atom. The molecule has 1 saturated heterocycles. The molecule has 1 heterocycles. The van der Waals surface area contributed by atoms with Crippen molar-refractivity contribution in [1.29, 1.82) is 0 Å². The van der Waals surface area contributed by atoms with Crippen LogP contribution in [0.25, 0.3) is 0 Å². The number of amides is 4. The lowest BCUT2D eigenvalue weighted by Crippen LogP contribution is -2.44. The molecule has 1 unspecified atom stereocenters. The number of benzene rings is 3. The number of anilines is 1. The molecule has 1 N–H and O–H groups in total. The summed E-state index contributed by atoms with van der Waals surface area (Å²) in [5.74, 6) is -1.40. The van der Waals surface area contributed by atoms with Crippen molar-refractivity contribution in [2.24, 2.45) is 0 Å². The van der Waals surface area contributed by atoms with Crippen LogP contribution in [0.3, 0.4) is 0 Å². The molecular formula is C26H24FN3O3. The summed E-state index contributed by atoms with van der Waals surface area (Å²) < 4.78 is 13.3. The molecule has 0 aromatic heterocycles. The lowest BCUT2D eigenvalue weighted by atomic mass is 9.92. The summed E-state index contributed by atoms with van der Waals surface area (Å²) >= 11 is 0. The van der Waals surface area contributed by atoms with Crippen LogP contribution >= 0.6 is 0 Å². The van der Waals surface area contributed by atoms with Crippen molar-refractivity contribution in [1.82, 2.24) is 10.2 Å². The summed E-state index contributed by atoms with van der Waals surface area (Å²) in [5.41, 5.74) is 1.70. The largest absolute Gasteiger partial charge is 0.325 e. The first-order valence-corrected chi connectivity index (χ1v) is 10.6. The molecule has 7 heteroatoms. The van der Waals surface area contributed by atoms with Gasteiger partial charge in [0.15, 0.2) is 0 Å². The molecule has 1 fully saturated rings.